The molecular formula is C23H25F4NO5. The molecule has 0 aliphatic carbocycles. The number of amides is 1. The summed E-state index contributed by atoms with van der Waals surface area (Å²) in [5.41, 5.74) is 0.257. The normalized spacial score (nSPS) is 13.8. The molecule has 2 atom stereocenters. The van der Waals surface area contributed by atoms with Crippen LogP contribution in [-0.4, -0.2) is 41.7 Å². The van der Waals surface area contributed by atoms with Gasteiger partial charge in [-0.2, -0.15) is 17.6 Å². The molecule has 6 nitrogen and oxygen atoms in total. The summed E-state index contributed by atoms with van der Waals surface area (Å²) in [5, 5.41) is 13.4. The molecule has 180 valence electrons. The van der Waals surface area contributed by atoms with E-state index in [1.807, 2.05) is 0 Å². The molecule has 10 heteroatoms. The molecule has 0 heterocycles. The van der Waals surface area contributed by atoms with E-state index in [1.165, 1.54) is 36.4 Å². The van der Waals surface area contributed by atoms with Crippen LogP contribution in [0.15, 0.2) is 48.5 Å². The number of rotatable bonds is 9. The fourth-order valence-corrected chi connectivity index (χ4v) is 2.90. The Morgan fingerprint density at radius 2 is 1.76 bits per heavy atom. The van der Waals surface area contributed by atoms with Crippen LogP contribution in [0.3, 0.4) is 0 Å². The predicted molar refractivity (Wildman–Crippen MR) is 112 cm³/mol. The summed E-state index contributed by atoms with van der Waals surface area (Å²) in [5.74, 6) is -0.501. The molecule has 0 bridgehead atoms. The van der Waals surface area contributed by atoms with Gasteiger partial charge in [-0.15, -0.1) is 0 Å². The second kappa shape index (κ2) is 10.7. The number of nitrogens with one attached hydrogen (secondary N) is 1. The second-order valence-corrected chi connectivity index (χ2v) is 8.30. The number of carbonyl (C=O) groups excluding carboxylic acids is 2. The Kier molecular flexibility index (Phi) is 8.43. The maximum absolute atomic E-state index is 13.3. The van der Waals surface area contributed by atoms with Crippen LogP contribution in [-0.2, 0) is 11.2 Å². The summed E-state index contributed by atoms with van der Waals surface area (Å²) >= 11 is 0. The predicted octanol–water partition coefficient (Wildman–Crippen LogP) is 4.91. The van der Waals surface area contributed by atoms with Crippen molar-refractivity contribution < 1.29 is 41.7 Å². The fourth-order valence-electron chi connectivity index (χ4n) is 2.90. The van der Waals surface area contributed by atoms with Gasteiger partial charge in [-0.1, -0.05) is 36.4 Å². The topological polar surface area (TPSA) is 84.9 Å². The number of aliphatic hydroxyl groups excluding tert-OH is 1. The summed E-state index contributed by atoms with van der Waals surface area (Å²) in [6.07, 6.45) is -10.2. The zero-order chi connectivity index (χ0) is 24.8. The molecule has 2 N–H and O–H groups in total. The Morgan fingerprint density at radius 1 is 1.12 bits per heavy atom. The Labute approximate surface area is 188 Å². The van der Waals surface area contributed by atoms with E-state index in [1.54, 1.807) is 20.8 Å². The van der Waals surface area contributed by atoms with Crippen molar-refractivity contribution in [1.29, 1.82) is 0 Å². The third kappa shape index (κ3) is 8.05. The van der Waals surface area contributed by atoms with Gasteiger partial charge in [-0.25, -0.2) is 4.79 Å². The van der Waals surface area contributed by atoms with Crippen LogP contribution in [0, 0.1) is 0 Å². The number of benzene rings is 2. The molecule has 0 fully saturated rings. The highest BCUT2D eigenvalue weighted by Crippen LogP contribution is 2.29. The number of carbonyl (C=O) groups is 2. The minimum Gasteiger partial charge on any atom is -0.444 e. The number of ether oxygens (including phenoxy) is 2. The van der Waals surface area contributed by atoms with Crippen LogP contribution in [0.2, 0.25) is 0 Å². The molecule has 0 aliphatic rings. The summed E-state index contributed by atoms with van der Waals surface area (Å²) in [7, 11) is 0. The lowest BCUT2D eigenvalue weighted by atomic mass is 9.95. The van der Waals surface area contributed by atoms with Crippen LogP contribution in [0.25, 0.3) is 0 Å². The van der Waals surface area contributed by atoms with E-state index in [2.05, 4.69) is 10.1 Å². The van der Waals surface area contributed by atoms with E-state index < -0.39 is 42.1 Å². The van der Waals surface area contributed by atoms with Gasteiger partial charge in [0.05, 0.1) is 12.1 Å². The first kappa shape index (κ1) is 26.1. The van der Waals surface area contributed by atoms with E-state index in [-0.39, 0.29) is 6.42 Å². The number of halogens is 4. The molecule has 33 heavy (non-hydrogen) atoms. The van der Waals surface area contributed by atoms with E-state index in [0.29, 0.717) is 23.0 Å². The number of alkyl halides is 4. The van der Waals surface area contributed by atoms with Crippen LogP contribution >= 0.6 is 0 Å². The van der Waals surface area contributed by atoms with Crippen molar-refractivity contribution in [2.24, 2.45) is 0 Å². The van der Waals surface area contributed by atoms with Gasteiger partial charge in [-0.3, -0.25) is 4.79 Å². The third-order valence-electron chi connectivity index (χ3n) is 4.36. The quantitative estimate of drug-likeness (QED) is 0.401. The van der Waals surface area contributed by atoms with E-state index in [0.717, 1.165) is 12.1 Å². The summed E-state index contributed by atoms with van der Waals surface area (Å²) in [4.78, 5) is 23.2. The molecule has 2 aromatic carbocycles. The zero-order valence-electron chi connectivity index (χ0n) is 18.2. The van der Waals surface area contributed by atoms with Crippen molar-refractivity contribution >= 4 is 12.4 Å². The third-order valence-corrected chi connectivity index (χ3v) is 4.36. The molecule has 0 saturated heterocycles. The monoisotopic (exact) mass is 471 g/mol. The Hall–Kier alpha value is -3.14. The average Bonchev–Trinajstić information content (AvgIpc) is 2.71. The summed E-state index contributed by atoms with van der Waals surface area (Å²) < 4.78 is 60.7. The van der Waals surface area contributed by atoms with Crippen LogP contribution in [0.1, 0.15) is 48.4 Å². The molecule has 0 spiro atoms. The molecule has 2 aromatic rings. The number of hydrogen-bond acceptors (Lipinski definition) is 5. The highest BCUT2D eigenvalue weighted by molar-refractivity contribution is 5.74. The number of hydrogen-bond donors (Lipinski definition) is 2. The molecule has 1 amide bonds. The highest BCUT2D eigenvalue weighted by Gasteiger charge is 2.44. The first-order chi connectivity index (χ1) is 15.3. The maximum atomic E-state index is 13.3. The van der Waals surface area contributed by atoms with E-state index >= 15 is 0 Å². The van der Waals surface area contributed by atoms with Gasteiger partial charge in [0.15, 0.2) is 0 Å². The minimum absolute atomic E-state index is 0.0761. The SMILES string of the molecule is CC(C)(C)OC(=O)NC(Cc1cccc(OC(F)(F)C(F)F)c1)C(O)c1ccc(C=O)cc1. The van der Waals surface area contributed by atoms with Gasteiger partial charge in [0.2, 0.25) is 0 Å². The van der Waals surface area contributed by atoms with Gasteiger partial charge in [0, 0.05) is 5.56 Å². The second-order valence-electron chi connectivity index (χ2n) is 8.30. The van der Waals surface area contributed by atoms with Crippen LogP contribution in [0.5, 0.6) is 5.75 Å². The largest absolute Gasteiger partial charge is 0.461 e. The van der Waals surface area contributed by atoms with Crippen molar-refractivity contribution in [3.05, 3.63) is 65.2 Å². The standard InChI is InChI=1S/C23H25F4NO5/c1-22(2,3)33-21(31)28-18(19(30)16-9-7-14(13-29)8-10-16)12-15-5-4-6-17(11-15)32-23(26,27)20(24)25/h4-11,13,18-20,30H,12H2,1-3H3,(H,28,31). The molecule has 0 aliphatic heterocycles. The van der Waals surface area contributed by atoms with Crippen LogP contribution < -0.4 is 10.1 Å². The van der Waals surface area contributed by atoms with Gasteiger partial charge < -0.3 is 19.9 Å². The van der Waals surface area contributed by atoms with E-state index in [4.69, 9.17) is 4.74 Å². The smallest absolute Gasteiger partial charge is 0.444 e. The van der Waals surface area contributed by atoms with Crippen molar-refractivity contribution in [3.8, 4) is 5.75 Å². The number of aliphatic hydroxyl groups is 1. The lowest BCUT2D eigenvalue weighted by Crippen LogP contribution is -2.43. The molecule has 0 radical (unpaired) electrons. The minimum atomic E-state index is -4.67. The molecule has 2 unspecified atom stereocenters. The summed E-state index contributed by atoms with van der Waals surface area (Å²) in [6, 6.07) is 10.00. The molecule has 0 aromatic heterocycles. The van der Waals surface area contributed by atoms with E-state index in [9.17, 15) is 32.3 Å². The molecule has 0 saturated carbocycles. The first-order valence-corrected chi connectivity index (χ1v) is 9.97. The zero-order valence-corrected chi connectivity index (χ0v) is 18.2. The van der Waals surface area contributed by atoms with Gasteiger partial charge in [0.25, 0.3) is 0 Å². The average molecular weight is 471 g/mol. The number of alkyl carbamates (subject to hydrolysis) is 1. The number of aldehydes is 1. The van der Waals surface area contributed by atoms with Crippen molar-refractivity contribution in [3.63, 3.8) is 0 Å². The van der Waals surface area contributed by atoms with Crippen LogP contribution in [0.4, 0.5) is 22.4 Å². The van der Waals surface area contributed by atoms with Crippen molar-refractivity contribution in [2.45, 2.75) is 57.5 Å². The Morgan fingerprint density at radius 3 is 2.30 bits per heavy atom. The van der Waals surface area contributed by atoms with Gasteiger partial charge >= 0.3 is 18.6 Å². The summed E-state index contributed by atoms with van der Waals surface area (Å²) in [6.45, 7) is 4.96. The lowest BCUT2D eigenvalue weighted by molar-refractivity contribution is -0.253. The Balaban J connectivity index is 2.28. The Bertz CT molecular complexity index is 945. The van der Waals surface area contributed by atoms with Gasteiger partial charge in [0.1, 0.15) is 17.6 Å². The maximum Gasteiger partial charge on any atom is 0.461 e. The first-order valence-electron chi connectivity index (χ1n) is 9.97. The van der Waals surface area contributed by atoms with Crippen molar-refractivity contribution in [1.82, 2.24) is 5.32 Å². The fraction of sp³-hybridized carbons (Fsp3) is 0.391. The van der Waals surface area contributed by atoms with Crippen molar-refractivity contribution in [2.75, 3.05) is 0 Å². The lowest BCUT2D eigenvalue weighted by Gasteiger charge is -2.27. The van der Waals surface area contributed by atoms with Gasteiger partial charge in [-0.05, 0) is 50.5 Å². The molecular weight excluding hydrogens is 446 g/mol. The molecule has 2 rings (SSSR count). The highest BCUT2D eigenvalue weighted by atomic mass is 19.3.